The van der Waals surface area contributed by atoms with E-state index in [1.807, 2.05) is 0 Å². The second-order valence-electron chi connectivity index (χ2n) is 5.86. The van der Waals surface area contributed by atoms with Gasteiger partial charge in [-0.15, -0.1) is 4.91 Å². The highest BCUT2D eigenvalue weighted by molar-refractivity contribution is 5.31. The highest BCUT2D eigenvalue weighted by Gasteiger charge is 2.89. The molecule has 34 heavy (non-hydrogen) atoms. The highest BCUT2D eigenvalue weighted by atomic mass is 19.4. The maximum atomic E-state index is 13.1. The molecule has 5 nitrogen and oxygen atoms in total. The molecular weight excluding hydrogens is 546 g/mol. The van der Waals surface area contributed by atoms with E-state index < -0.39 is 65.5 Å². The Morgan fingerprint density at radius 3 is 0.765 bits per heavy atom. The van der Waals surface area contributed by atoms with Gasteiger partial charge in [0.2, 0.25) is 0 Å². The van der Waals surface area contributed by atoms with E-state index in [4.69, 9.17) is 0 Å². The molecule has 0 aromatic carbocycles. The van der Waals surface area contributed by atoms with Crippen LogP contribution in [0.25, 0.3) is 0 Å². The third-order valence-corrected chi connectivity index (χ3v) is 3.93. The molecule has 1 rings (SSSR count). The van der Waals surface area contributed by atoms with Crippen LogP contribution in [0.5, 0.6) is 0 Å². The van der Waals surface area contributed by atoms with Gasteiger partial charge in [-0.3, -0.25) is 0 Å². The first-order valence-corrected chi connectivity index (χ1v) is 7.15. The summed E-state index contributed by atoms with van der Waals surface area (Å²) in [6.07, 6.45) is -46.8. The first-order chi connectivity index (χ1) is 14.6. The van der Waals surface area contributed by atoms with Gasteiger partial charge in [0.1, 0.15) is 0 Å². The average molecular weight is 546 g/mol. The van der Waals surface area contributed by atoms with Gasteiger partial charge in [-0.2, -0.15) is 89.0 Å². The normalized spacial score (nSPS) is 15.5. The molecule has 1 aromatic heterocycles. The summed E-state index contributed by atoms with van der Waals surface area (Å²) in [5, 5.41) is 1.09. The molecule has 0 N–H and O–H groups in total. The quantitative estimate of drug-likeness (QED) is 0.339. The van der Waals surface area contributed by atoms with Crippen molar-refractivity contribution in [2.45, 2.75) is 47.9 Å². The zero-order chi connectivity index (χ0) is 27.6. The number of halogens is 18. The van der Waals surface area contributed by atoms with Crippen molar-refractivity contribution in [3.63, 3.8) is 0 Å². The minimum Gasteiger partial charge on any atom is -0.214 e. The van der Waals surface area contributed by atoms with Crippen molar-refractivity contribution in [3.8, 4) is 0 Å². The van der Waals surface area contributed by atoms with Gasteiger partial charge in [0.15, 0.2) is 11.6 Å². The van der Waals surface area contributed by atoms with E-state index >= 15 is 0 Å². The van der Waals surface area contributed by atoms with Crippen LogP contribution in [0.4, 0.5) is 85.0 Å². The standard InChI is InChI=1S/C11F18N4O/c12-6(13,14)4(7(15,16)17,8(18,19)20)1-30-2(32-3(31-1)33-34)5(9(21,22)23,10(24,25)26)11(27,28)29. The van der Waals surface area contributed by atoms with Gasteiger partial charge < -0.3 is 0 Å². The predicted molar refractivity (Wildman–Crippen MR) is 65.0 cm³/mol. The molecule has 1 aromatic rings. The third kappa shape index (κ3) is 3.94. The molecule has 0 bridgehead atoms. The van der Waals surface area contributed by atoms with E-state index in [1.54, 1.807) is 0 Å². The maximum absolute atomic E-state index is 13.1. The van der Waals surface area contributed by atoms with Gasteiger partial charge in [0, 0.05) is 5.18 Å². The van der Waals surface area contributed by atoms with E-state index in [2.05, 4.69) is 0 Å². The molecule has 0 spiro atoms. The first kappa shape index (κ1) is 29.4. The van der Waals surface area contributed by atoms with E-state index in [0.717, 1.165) is 10.2 Å². The Kier molecular flexibility index (Phi) is 6.64. The predicted octanol–water partition coefficient (Wildman–Crippen LogP) is 6.12. The second-order valence-corrected chi connectivity index (χ2v) is 5.86. The van der Waals surface area contributed by atoms with Crippen LogP contribution in [-0.2, 0) is 10.8 Å². The van der Waals surface area contributed by atoms with Crippen molar-refractivity contribution < 1.29 is 79.0 Å². The summed E-state index contributed by atoms with van der Waals surface area (Å²) in [4.78, 5) is 14.5. The lowest BCUT2D eigenvalue weighted by Gasteiger charge is -2.39. The molecule has 0 aliphatic heterocycles. The number of nitrogens with zero attached hydrogens (tertiary/aromatic N) is 4. The Balaban J connectivity index is 4.54. The Morgan fingerprint density at radius 1 is 0.412 bits per heavy atom. The maximum Gasteiger partial charge on any atom is 0.419 e. The fraction of sp³-hybridized carbons (Fsp3) is 0.727. The number of hydrogen-bond acceptors (Lipinski definition) is 5. The molecule has 0 aliphatic carbocycles. The molecule has 0 atom stereocenters. The van der Waals surface area contributed by atoms with Crippen LogP contribution in [0.3, 0.4) is 0 Å². The molecule has 0 unspecified atom stereocenters. The van der Waals surface area contributed by atoms with Crippen molar-refractivity contribution in [1.29, 1.82) is 0 Å². The minimum atomic E-state index is -7.81. The van der Waals surface area contributed by atoms with Gasteiger partial charge in [0.25, 0.3) is 5.95 Å². The number of hydrogen-bond donors (Lipinski definition) is 0. The van der Waals surface area contributed by atoms with E-state index in [-0.39, 0.29) is 0 Å². The lowest BCUT2D eigenvalue weighted by atomic mass is 9.82. The molecule has 0 amide bonds. The van der Waals surface area contributed by atoms with E-state index in [9.17, 15) is 83.9 Å². The van der Waals surface area contributed by atoms with Gasteiger partial charge in [0.05, 0.1) is 0 Å². The molecule has 0 saturated heterocycles. The summed E-state index contributed by atoms with van der Waals surface area (Å²) in [5.41, 5.74) is -15.2. The average Bonchev–Trinajstić information content (AvgIpc) is 2.46. The number of alkyl halides is 18. The van der Waals surface area contributed by atoms with Crippen LogP contribution in [-0.4, -0.2) is 52.0 Å². The lowest BCUT2D eigenvalue weighted by molar-refractivity contribution is -0.391. The summed E-state index contributed by atoms with van der Waals surface area (Å²) in [5.74, 6) is -11.4. The Labute approximate surface area is 171 Å². The van der Waals surface area contributed by atoms with Crippen LogP contribution >= 0.6 is 0 Å². The van der Waals surface area contributed by atoms with E-state index in [1.165, 1.54) is 9.97 Å². The topological polar surface area (TPSA) is 68.1 Å². The summed E-state index contributed by atoms with van der Waals surface area (Å²) in [7, 11) is 0. The third-order valence-electron chi connectivity index (χ3n) is 3.93. The smallest absolute Gasteiger partial charge is 0.214 e. The van der Waals surface area contributed by atoms with Crippen LogP contribution in [0.2, 0.25) is 0 Å². The summed E-state index contributed by atoms with van der Waals surface area (Å²) in [6.45, 7) is 0. The van der Waals surface area contributed by atoms with Crippen LogP contribution in [0, 0.1) is 4.91 Å². The Bertz CT molecular complexity index is 776. The zero-order valence-electron chi connectivity index (χ0n) is 14.5. The zero-order valence-corrected chi connectivity index (χ0v) is 14.5. The molecule has 0 radical (unpaired) electrons. The number of aromatic nitrogens is 3. The molecular formula is C11F18N4O. The van der Waals surface area contributed by atoms with Gasteiger partial charge in [-0.25, -0.2) is 4.98 Å². The molecule has 0 saturated carbocycles. The lowest BCUT2D eigenvalue weighted by Crippen LogP contribution is -2.66. The van der Waals surface area contributed by atoms with Gasteiger partial charge in [-0.05, 0) is 0 Å². The van der Waals surface area contributed by atoms with Crippen molar-refractivity contribution >= 4 is 5.95 Å². The van der Waals surface area contributed by atoms with Crippen molar-refractivity contribution in [1.82, 2.24) is 15.0 Å². The van der Waals surface area contributed by atoms with E-state index in [0.29, 0.717) is 0 Å². The van der Waals surface area contributed by atoms with Gasteiger partial charge >= 0.3 is 47.9 Å². The fourth-order valence-electron chi connectivity index (χ4n) is 2.47. The van der Waals surface area contributed by atoms with Crippen LogP contribution in [0.15, 0.2) is 5.18 Å². The summed E-state index contributed by atoms with van der Waals surface area (Å²) in [6, 6.07) is 0. The summed E-state index contributed by atoms with van der Waals surface area (Å²) >= 11 is 0. The molecule has 1 heterocycles. The summed E-state index contributed by atoms with van der Waals surface area (Å²) < 4.78 is 236. The van der Waals surface area contributed by atoms with Crippen molar-refractivity contribution in [2.75, 3.05) is 0 Å². The Hall–Kier alpha value is -2.65. The molecule has 23 heteroatoms. The SMILES string of the molecule is O=Nc1nc(C(C(F)(F)F)(C(F)(F)F)C(F)(F)F)nc(C(C(F)(F)F)(C(F)(F)F)C(F)(F)F)n1. The minimum absolute atomic E-state index is 1.08. The largest absolute Gasteiger partial charge is 0.419 e. The first-order valence-electron chi connectivity index (χ1n) is 7.15. The highest BCUT2D eigenvalue weighted by Crippen LogP contribution is 2.62. The number of nitroso groups, excluding NO2 is 1. The fourth-order valence-corrected chi connectivity index (χ4v) is 2.47. The molecule has 0 aliphatic rings. The molecule has 196 valence electrons. The molecule has 0 fully saturated rings. The monoisotopic (exact) mass is 546 g/mol. The van der Waals surface area contributed by atoms with Gasteiger partial charge in [-0.1, -0.05) is 0 Å². The van der Waals surface area contributed by atoms with Crippen molar-refractivity contribution in [3.05, 3.63) is 16.6 Å². The van der Waals surface area contributed by atoms with Crippen molar-refractivity contribution in [2.24, 2.45) is 5.18 Å². The van der Waals surface area contributed by atoms with Crippen LogP contribution in [0.1, 0.15) is 11.6 Å². The number of rotatable bonds is 3. The Morgan fingerprint density at radius 2 is 0.618 bits per heavy atom. The van der Waals surface area contributed by atoms with Crippen LogP contribution < -0.4 is 0 Å². The second kappa shape index (κ2) is 7.68.